The molecular formula is C33H36ClNO10. The van der Waals surface area contributed by atoms with E-state index in [9.17, 15) is 34.5 Å². The fourth-order valence-corrected chi connectivity index (χ4v) is 4.61. The van der Waals surface area contributed by atoms with Crippen molar-refractivity contribution in [1.82, 2.24) is 5.32 Å². The highest BCUT2D eigenvalue weighted by atomic mass is 35.5. The number of carboxylic acid groups (broad SMARTS) is 2. The van der Waals surface area contributed by atoms with Crippen LogP contribution >= 0.6 is 11.6 Å². The minimum absolute atomic E-state index is 0.0332. The van der Waals surface area contributed by atoms with Crippen LogP contribution in [0.3, 0.4) is 0 Å². The van der Waals surface area contributed by atoms with Crippen molar-refractivity contribution < 1.29 is 48.7 Å². The van der Waals surface area contributed by atoms with Crippen LogP contribution in [-0.4, -0.2) is 69.6 Å². The molecule has 3 aromatic carbocycles. The summed E-state index contributed by atoms with van der Waals surface area (Å²) in [7, 11) is 0. The van der Waals surface area contributed by atoms with E-state index in [1.54, 1.807) is 50.2 Å². The molecule has 1 saturated heterocycles. The molecule has 11 nitrogen and oxygen atoms in total. The van der Waals surface area contributed by atoms with Gasteiger partial charge in [-0.2, -0.15) is 0 Å². The monoisotopic (exact) mass is 641 g/mol. The highest BCUT2D eigenvalue weighted by Crippen LogP contribution is 2.33. The number of nitrogens with one attached hydrogen (secondary N) is 1. The first-order chi connectivity index (χ1) is 21.0. The lowest BCUT2D eigenvalue weighted by molar-refractivity contribution is -0.263. The Hall–Kier alpha value is -4.29. The van der Waals surface area contributed by atoms with Crippen LogP contribution < -0.4 is 5.32 Å². The average Bonchev–Trinajstić information content (AvgIpc) is 2.97. The van der Waals surface area contributed by atoms with E-state index in [4.69, 9.17) is 25.8 Å². The Morgan fingerprint density at radius 3 is 1.67 bits per heavy atom. The maximum atomic E-state index is 12.2. The topological polar surface area (TPSA) is 169 Å². The number of ether oxygens (including phenoxy) is 3. The van der Waals surface area contributed by atoms with Gasteiger partial charge in [-0.05, 0) is 71.0 Å². The number of hydrogen-bond donors (Lipinski definition) is 4. The van der Waals surface area contributed by atoms with Gasteiger partial charge in [0.15, 0.2) is 0 Å². The molecule has 12 heteroatoms. The zero-order chi connectivity index (χ0) is 33.5. The van der Waals surface area contributed by atoms with Gasteiger partial charge in [0, 0.05) is 16.1 Å². The molecule has 0 bridgehead atoms. The van der Waals surface area contributed by atoms with Crippen LogP contribution in [0.2, 0.25) is 5.02 Å². The second kappa shape index (κ2) is 14.7. The quantitative estimate of drug-likeness (QED) is 0.256. The fraction of sp³-hybridized carbons (Fsp3) is 0.333. The predicted molar refractivity (Wildman–Crippen MR) is 164 cm³/mol. The smallest absolute Gasteiger partial charge is 0.349 e. The lowest BCUT2D eigenvalue weighted by Gasteiger charge is -2.46. The van der Waals surface area contributed by atoms with Gasteiger partial charge in [0.2, 0.25) is 18.0 Å². The van der Waals surface area contributed by atoms with Crippen molar-refractivity contribution in [2.24, 2.45) is 0 Å². The molecule has 1 fully saturated rings. The van der Waals surface area contributed by atoms with Gasteiger partial charge in [-0.3, -0.25) is 0 Å². The lowest BCUT2D eigenvalue weighted by atomic mass is 9.93. The first-order valence-electron chi connectivity index (χ1n) is 13.9. The van der Waals surface area contributed by atoms with Crippen LogP contribution in [0.25, 0.3) is 0 Å². The summed E-state index contributed by atoms with van der Waals surface area (Å²) in [6.45, 7) is 10.0. The van der Waals surface area contributed by atoms with Gasteiger partial charge >= 0.3 is 23.9 Å². The molecule has 0 radical (unpaired) electrons. The van der Waals surface area contributed by atoms with Crippen LogP contribution in [0, 0.1) is 13.8 Å². The largest absolute Gasteiger partial charge is 0.478 e. The molecule has 0 aliphatic carbocycles. The van der Waals surface area contributed by atoms with E-state index < -0.39 is 41.9 Å². The second-order valence-corrected chi connectivity index (χ2v) is 11.7. The summed E-state index contributed by atoms with van der Waals surface area (Å²) >= 11 is 5.94. The van der Waals surface area contributed by atoms with E-state index in [2.05, 4.69) is 5.32 Å². The first-order valence-corrected chi connectivity index (χ1v) is 14.3. The molecule has 4 N–H and O–H groups in total. The van der Waals surface area contributed by atoms with E-state index in [-0.39, 0.29) is 22.7 Å². The Labute approximate surface area is 265 Å². The average molecular weight is 642 g/mol. The van der Waals surface area contributed by atoms with Crippen LogP contribution in [0.4, 0.5) is 0 Å². The van der Waals surface area contributed by atoms with Crippen molar-refractivity contribution in [2.45, 2.75) is 64.2 Å². The third-order valence-electron chi connectivity index (χ3n) is 6.89. The van der Waals surface area contributed by atoms with E-state index >= 15 is 0 Å². The van der Waals surface area contributed by atoms with E-state index in [0.717, 1.165) is 11.1 Å². The van der Waals surface area contributed by atoms with Crippen LogP contribution in [0.1, 0.15) is 58.2 Å². The summed E-state index contributed by atoms with van der Waals surface area (Å²) in [5.74, 6) is -6.94. The number of halogens is 1. The van der Waals surface area contributed by atoms with Gasteiger partial charge in [-0.15, -0.1) is 0 Å². The van der Waals surface area contributed by atoms with Crippen molar-refractivity contribution in [3.8, 4) is 0 Å². The van der Waals surface area contributed by atoms with Gasteiger partial charge < -0.3 is 34.8 Å². The number of aliphatic carboxylic acids is 2. The normalized spacial score (nSPS) is 20.0. The number of benzene rings is 3. The summed E-state index contributed by atoms with van der Waals surface area (Å²) in [4.78, 5) is 47.3. The Kier molecular flexibility index (Phi) is 11.5. The molecule has 0 amide bonds. The number of carboxylic acids is 2. The Morgan fingerprint density at radius 1 is 0.844 bits per heavy atom. The number of esters is 2. The number of aryl methyl sites for hydroxylation is 2. The van der Waals surface area contributed by atoms with Crippen molar-refractivity contribution in [2.75, 3.05) is 6.61 Å². The van der Waals surface area contributed by atoms with Gasteiger partial charge in [0.05, 0.1) is 23.8 Å². The molecule has 240 valence electrons. The summed E-state index contributed by atoms with van der Waals surface area (Å²) in [6, 6.07) is 19.0. The third kappa shape index (κ3) is 9.35. The Balaban J connectivity index is 0.000000276. The summed E-state index contributed by atoms with van der Waals surface area (Å²) in [6.07, 6.45) is -4.44. The first kappa shape index (κ1) is 35.2. The van der Waals surface area contributed by atoms with E-state index in [1.165, 1.54) is 24.3 Å². The van der Waals surface area contributed by atoms with Crippen LogP contribution in [0.15, 0.2) is 72.8 Å². The molecule has 0 aromatic heterocycles. The molecule has 1 heterocycles. The summed E-state index contributed by atoms with van der Waals surface area (Å²) in [5, 5.41) is 33.2. The minimum atomic E-state index is -2.22. The van der Waals surface area contributed by atoms with Gasteiger partial charge in [0.1, 0.15) is 0 Å². The maximum absolute atomic E-state index is 12.2. The number of rotatable bonds is 8. The number of carbonyl (C=O) groups is 4. The van der Waals surface area contributed by atoms with Crippen molar-refractivity contribution in [1.29, 1.82) is 0 Å². The Morgan fingerprint density at radius 2 is 1.29 bits per heavy atom. The van der Waals surface area contributed by atoms with Crippen LogP contribution in [-0.2, 0) is 29.6 Å². The fourth-order valence-electron chi connectivity index (χ4n) is 4.42. The Bertz CT molecular complexity index is 1450. The molecule has 0 saturated carbocycles. The van der Waals surface area contributed by atoms with Crippen molar-refractivity contribution >= 4 is 35.5 Å². The molecular weight excluding hydrogens is 606 g/mol. The zero-order valence-electron chi connectivity index (χ0n) is 25.4. The van der Waals surface area contributed by atoms with Gasteiger partial charge in [-0.25, -0.2) is 19.2 Å². The van der Waals surface area contributed by atoms with E-state index in [0.29, 0.717) is 17.2 Å². The maximum Gasteiger partial charge on any atom is 0.349 e. The molecule has 1 aliphatic rings. The van der Waals surface area contributed by atoms with Gasteiger partial charge in [0.25, 0.3) is 0 Å². The van der Waals surface area contributed by atoms with E-state index in [1.807, 2.05) is 32.9 Å². The number of hydrogen-bond acceptors (Lipinski definition) is 9. The van der Waals surface area contributed by atoms with Crippen molar-refractivity contribution in [3.05, 3.63) is 106 Å². The molecule has 0 spiro atoms. The van der Waals surface area contributed by atoms with Gasteiger partial charge in [-0.1, -0.05) is 59.1 Å². The number of aliphatic hydroxyl groups is 1. The summed E-state index contributed by atoms with van der Waals surface area (Å²) < 4.78 is 15.3. The molecule has 3 aromatic rings. The number of morpholine rings is 1. The summed E-state index contributed by atoms with van der Waals surface area (Å²) in [5.41, 5.74) is 2.34. The lowest BCUT2D eigenvalue weighted by Crippen LogP contribution is -2.63. The molecule has 45 heavy (non-hydrogen) atoms. The van der Waals surface area contributed by atoms with Crippen LogP contribution in [0.5, 0.6) is 0 Å². The number of carbonyl (C=O) groups excluding carboxylic acids is 2. The predicted octanol–water partition coefficient (Wildman–Crippen LogP) is 4.50. The minimum Gasteiger partial charge on any atom is -0.478 e. The SMILES string of the molecule is C[C@@H]1NC(C)(C)CO[C@@]1(O)c1cccc(Cl)c1.Cc1ccc(C(=O)O[C@@H](C(=O)O)[C@@H](OC(=O)c2ccc(C)cc2)C(=O)O)cc1. The second-order valence-electron chi connectivity index (χ2n) is 11.3. The highest BCUT2D eigenvalue weighted by Gasteiger charge is 2.45. The highest BCUT2D eigenvalue weighted by molar-refractivity contribution is 6.30. The molecule has 1 aliphatic heterocycles. The molecule has 0 unspecified atom stereocenters. The third-order valence-corrected chi connectivity index (χ3v) is 7.12. The molecule has 4 rings (SSSR count). The standard InChI is InChI=1S/C20H18O8.C13H18ClNO2/c1-11-3-7-13(8-4-11)19(25)27-15(17(21)22)16(18(23)24)28-20(26)14-9-5-12(2)6-10-14;1-9-13(16,17-8-12(2,3)15-9)10-5-4-6-11(14)7-10/h3-10,15-16H,1-2H3,(H,21,22)(H,23,24);4-7,9,15-16H,8H2,1-3H3/t15-,16-;9-,13+/m10/s1. The zero-order valence-corrected chi connectivity index (χ0v) is 26.2. The molecule has 4 atom stereocenters. The van der Waals surface area contributed by atoms with Crippen molar-refractivity contribution in [3.63, 3.8) is 0 Å².